The summed E-state index contributed by atoms with van der Waals surface area (Å²) in [5.41, 5.74) is 8.75. The van der Waals surface area contributed by atoms with Gasteiger partial charge in [0.2, 0.25) is 11.8 Å². The first-order valence-corrected chi connectivity index (χ1v) is 12.4. The molecule has 2 aromatic carbocycles. The number of aliphatic hydroxyl groups excluding tert-OH is 1. The molecule has 4 rings (SSSR count). The molecule has 0 bridgehead atoms. The smallest absolute Gasteiger partial charge is 0.255 e. The van der Waals surface area contributed by atoms with E-state index in [1.54, 1.807) is 41.3 Å². The molecule has 2 aliphatic heterocycles. The van der Waals surface area contributed by atoms with Crippen molar-refractivity contribution in [2.45, 2.75) is 51.5 Å². The summed E-state index contributed by atoms with van der Waals surface area (Å²) >= 11 is 0. The van der Waals surface area contributed by atoms with Gasteiger partial charge in [0.05, 0.1) is 6.10 Å². The van der Waals surface area contributed by atoms with Crippen molar-refractivity contribution in [3.05, 3.63) is 77.0 Å². The van der Waals surface area contributed by atoms with Gasteiger partial charge >= 0.3 is 0 Å². The summed E-state index contributed by atoms with van der Waals surface area (Å²) in [6.07, 6.45) is 1.20. The van der Waals surface area contributed by atoms with Gasteiger partial charge in [-0.25, -0.2) is 0 Å². The van der Waals surface area contributed by atoms with Crippen LogP contribution < -0.4 is 11.1 Å². The number of amides is 3. The standard InChI is InChI=1S/C28H32N4O5/c1-17(2)25(32-14-20-5-3-4-6-23(20)27(32)36)28(37)31-15-22(34)11-24(31)26(35)30-13-18-7-9-19(10-8-18)21(12-29)16-33/h3-10,12,16-17,22,24-25,34H,11,13-15,29H2,1-2H3,(H,30,35)/t22-,24+,25+/m1/s1. The zero-order valence-electron chi connectivity index (χ0n) is 21.0. The Hall–Kier alpha value is -3.98. The number of aldehydes is 1. The maximum Gasteiger partial charge on any atom is 0.255 e. The van der Waals surface area contributed by atoms with E-state index in [0.29, 0.717) is 29.5 Å². The van der Waals surface area contributed by atoms with Crippen LogP contribution in [0.4, 0.5) is 0 Å². The molecule has 37 heavy (non-hydrogen) atoms. The summed E-state index contributed by atoms with van der Waals surface area (Å²) in [6.45, 7) is 4.33. The monoisotopic (exact) mass is 504 g/mol. The van der Waals surface area contributed by atoms with Crippen LogP contribution in [0.25, 0.3) is 5.57 Å². The summed E-state index contributed by atoms with van der Waals surface area (Å²) in [7, 11) is 0. The number of benzene rings is 2. The van der Waals surface area contributed by atoms with E-state index in [1.165, 1.54) is 11.1 Å². The van der Waals surface area contributed by atoms with E-state index in [-0.39, 0.29) is 43.1 Å². The summed E-state index contributed by atoms with van der Waals surface area (Å²) in [5, 5.41) is 13.2. The fraction of sp³-hybridized carbons (Fsp3) is 0.357. The molecule has 3 atom stereocenters. The summed E-state index contributed by atoms with van der Waals surface area (Å²) in [5.74, 6) is -1.10. The van der Waals surface area contributed by atoms with Crippen molar-refractivity contribution < 1.29 is 24.3 Å². The Morgan fingerprint density at radius 2 is 1.86 bits per heavy atom. The van der Waals surface area contributed by atoms with Crippen molar-refractivity contribution in [2.24, 2.45) is 11.7 Å². The number of nitrogens with one attached hydrogen (secondary N) is 1. The second-order valence-corrected chi connectivity index (χ2v) is 9.83. The Bertz CT molecular complexity index is 1220. The number of likely N-dealkylation sites (tertiary alicyclic amines) is 1. The summed E-state index contributed by atoms with van der Waals surface area (Å²) in [4.78, 5) is 54.0. The Morgan fingerprint density at radius 3 is 2.49 bits per heavy atom. The number of carbonyl (C=O) groups is 4. The third kappa shape index (κ3) is 5.27. The number of fused-ring (bicyclic) bond motifs is 1. The van der Waals surface area contributed by atoms with Crippen LogP contribution in [0.2, 0.25) is 0 Å². The van der Waals surface area contributed by atoms with E-state index in [4.69, 9.17) is 5.73 Å². The zero-order valence-corrected chi connectivity index (χ0v) is 21.0. The molecule has 9 heteroatoms. The topological polar surface area (TPSA) is 133 Å². The molecule has 3 amide bonds. The van der Waals surface area contributed by atoms with E-state index in [1.807, 2.05) is 26.0 Å². The molecule has 0 unspecified atom stereocenters. The molecule has 0 saturated carbocycles. The average molecular weight is 505 g/mol. The third-order valence-electron chi connectivity index (χ3n) is 6.99. The van der Waals surface area contributed by atoms with Crippen molar-refractivity contribution in [2.75, 3.05) is 6.54 Å². The molecule has 1 saturated heterocycles. The maximum absolute atomic E-state index is 13.8. The number of hydrogen-bond donors (Lipinski definition) is 3. The summed E-state index contributed by atoms with van der Waals surface area (Å²) in [6, 6.07) is 12.7. The zero-order chi connectivity index (χ0) is 26.7. The first kappa shape index (κ1) is 26.1. The van der Waals surface area contributed by atoms with Crippen molar-refractivity contribution in [3.8, 4) is 0 Å². The highest BCUT2D eigenvalue weighted by Crippen LogP contribution is 2.30. The fourth-order valence-electron chi connectivity index (χ4n) is 5.08. The lowest BCUT2D eigenvalue weighted by molar-refractivity contribution is -0.143. The SMILES string of the molecule is CC(C)[C@@H](C(=O)N1C[C@H](O)C[C@H]1C(=O)NCc1ccc(C(C=O)=CN)cc1)N1Cc2ccccc2C1=O. The minimum absolute atomic E-state index is 0.0315. The largest absolute Gasteiger partial charge is 0.404 e. The number of nitrogens with zero attached hydrogens (tertiary/aromatic N) is 2. The van der Waals surface area contributed by atoms with Gasteiger partial charge in [-0.2, -0.15) is 0 Å². The van der Waals surface area contributed by atoms with Gasteiger partial charge in [0.1, 0.15) is 12.1 Å². The molecule has 2 aliphatic rings. The van der Waals surface area contributed by atoms with Crippen molar-refractivity contribution in [1.29, 1.82) is 0 Å². The van der Waals surface area contributed by atoms with Crippen LogP contribution in [0, 0.1) is 5.92 Å². The van der Waals surface area contributed by atoms with Gasteiger partial charge in [-0.05, 0) is 28.7 Å². The van der Waals surface area contributed by atoms with Crippen LogP contribution in [-0.4, -0.2) is 63.6 Å². The molecular formula is C28H32N4O5. The van der Waals surface area contributed by atoms with Crippen molar-refractivity contribution in [3.63, 3.8) is 0 Å². The van der Waals surface area contributed by atoms with E-state index < -0.39 is 18.2 Å². The minimum Gasteiger partial charge on any atom is -0.404 e. The van der Waals surface area contributed by atoms with E-state index in [2.05, 4.69) is 5.32 Å². The Balaban J connectivity index is 1.46. The van der Waals surface area contributed by atoms with Gasteiger partial charge in [-0.15, -0.1) is 0 Å². The molecule has 194 valence electrons. The van der Waals surface area contributed by atoms with Gasteiger partial charge < -0.3 is 26.0 Å². The lowest BCUT2D eigenvalue weighted by atomic mass is 10.0. The normalized spacial score (nSPS) is 20.2. The first-order valence-electron chi connectivity index (χ1n) is 12.4. The molecule has 0 spiro atoms. The highest BCUT2D eigenvalue weighted by Gasteiger charge is 2.45. The third-order valence-corrected chi connectivity index (χ3v) is 6.99. The highest BCUT2D eigenvalue weighted by atomic mass is 16.3. The van der Waals surface area contributed by atoms with Gasteiger partial charge in [-0.1, -0.05) is 56.3 Å². The fourth-order valence-corrected chi connectivity index (χ4v) is 5.08. The van der Waals surface area contributed by atoms with E-state index in [9.17, 15) is 24.3 Å². The van der Waals surface area contributed by atoms with E-state index >= 15 is 0 Å². The number of nitrogens with two attached hydrogens (primary N) is 1. The predicted octanol–water partition coefficient (Wildman–Crippen LogP) is 1.44. The Labute approximate surface area is 215 Å². The number of carbonyl (C=O) groups excluding carboxylic acids is 4. The van der Waals surface area contributed by atoms with Crippen LogP contribution in [-0.2, 0) is 27.5 Å². The molecule has 4 N–H and O–H groups in total. The lowest BCUT2D eigenvalue weighted by Crippen LogP contribution is -2.55. The van der Waals surface area contributed by atoms with Gasteiger partial charge in [0.15, 0.2) is 6.29 Å². The number of β-amino-alcohol motifs (C(OH)–C–C–N with tert-alkyl or cyclic N) is 1. The molecule has 0 radical (unpaired) electrons. The molecule has 0 aliphatic carbocycles. The number of aliphatic hydroxyl groups is 1. The maximum atomic E-state index is 13.8. The highest BCUT2D eigenvalue weighted by molar-refractivity contribution is 6.06. The predicted molar refractivity (Wildman–Crippen MR) is 138 cm³/mol. The van der Waals surface area contributed by atoms with Crippen LogP contribution in [0.15, 0.2) is 54.7 Å². The number of rotatable bonds is 8. The van der Waals surface area contributed by atoms with Crippen LogP contribution in [0.5, 0.6) is 0 Å². The van der Waals surface area contributed by atoms with Crippen molar-refractivity contribution >= 4 is 29.6 Å². The number of allylic oxidation sites excluding steroid dienone is 1. The molecular weight excluding hydrogens is 472 g/mol. The number of hydrogen-bond acceptors (Lipinski definition) is 6. The lowest BCUT2D eigenvalue weighted by Gasteiger charge is -2.35. The van der Waals surface area contributed by atoms with Crippen LogP contribution >= 0.6 is 0 Å². The molecule has 9 nitrogen and oxygen atoms in total. The quantitative estimate of drug-likeness (QED) is 0.368. The molecule has 1 fully saturated rings. The molecule has 2 heterocycles. The van der Waals surface area contributed by atoms with Gasteiger partial charge in [0, 0.05) is 43.4 Å². The van der Waals surface area contributed by atoms with Gasteiger partial charge in [0.25, 0.3) is 5.91 Å². The second-order valence-electron chi connectivity index (χ2n) is 9.83. The molecule has 2 aromatic rings. The Kier molecular flexibility index (Phi) is 7.73. The second kappa shape index (κ2) is 11.0. The first-order chi connectivity index (χ1) is 17.7. The van der Waals surface area contributed by atoms with Crippen LogP contribution in [0.3, 0.4) is 0 Å². The molecule has 0 aromatic heterocycles. The van der Waals surface area contributed by atoms with Crippen LogP contribution in [0.1, 0.15) is 47.3 Å². The average Bonchev–Trinajstić information content (AvgIpc) is 3.44. The Morgan fingerprint density at radius 1 is 1.16 bits per heavy atom. The van der Waals surface area contributed by atoms with Gasteiger partial charge in [-0.3, -0.25) is 19.2 Å². The summed E-state index contributed by atoms with van der Waals surface area (Å²) < 4.78 is 0. The van der Waals surface area contributed by atoms with Crippen molar-refractivity contribution in [1.82, 2.24) is 15.1 Å². The minimum atomic E-state index is -0.843. The van der Waals surface area contributed by atoms with E-state index in [0.717, 1.165) is 11.1 Å².